The molecule has 0 amide bonds. The standard InChI is InChI=1S/C9H7N7O4S2/c10-8-12-2(1-21-8)3(15-19)5(17)6(18)4(16-20)7-13-14-9(11)22-7/h1,3-4H,(H2,10,12)(H2,11,14). The van der Waals surface area contributed by atoms with Crippen LogP contribution in [0.4, 0.5) is 10.3 Å². The Labute approximate surface area is 129 Å². The van der Waals surface area contributed by atoms with Gasteiger partial charge in [0.2, 0.25) is 28.8 Å². The summed E-state index contributed by atoms with van der Waals surface area (Å²) in [6, 6.07) is -3.43. The van der Waals surface area contributed by atoms with Crippen molar-refractivity contribution >= 4 is 44.5 Å². The Morgan fingerprint density at radius 2 is 1.68 bits per heavy atom. The molecule has 2 rings (SSSR count). The number of rotatable bonds is 7. The summed E-state index contributed by atoms with van der Waals surface area (Å²) < 4.78 is 0. The molecule has 2 heterocycles. The van der Waals surface area contributed by atoms with Gasteiger partial charge in [-0.2, -0.15) is 0 Å². The Bertz CT molecular complexity index is 680. The van der Waals surface area contributed by atoms with Crippen LogP contribution in [0.25, 0.3) is 0 Å². The highest BCUT2D eigenvalue weighted by atomic mass is 32.1. The van der Waals surface area contributed by atoms with Crippen LogP contribution in [0.5, 0.6) is 0 Å². The summed E-state index contributed by atoms with van der Waals surface area (Å²) in [5, 5.41) is 13.3. The number of thiazole rings is 1. The lowest BCUT2D eigenvalue weighted by Gasteiger charge is -2.06. The van der Waals surface area contributed by atoms with Gasteiger partial charge in [-0.25, -0.2) is 4.98 Å². The fraction of sp³-hybridized carbons (Fsp3) is 0.222. The van der Waals surface area contributed by atoms with Crippen molar-refractivity contribution in [2.75, 3.05) is 11.5 Å². The van der Waals surface area contributed by atoms with Crippen molar-refractivity contribution in [1.29, 1.82) is 0 Å². The SMILES string of the molecule is Nc1nc(C(N=O)C(=O)C(=O)C(N=O)c2nnc(N)s2)cs1. The van der Waals surface area contributed by atoms with Crippen LogP contribution in [0.3, 0.4) is 0 Å². The number of nitrogens with two attached hydrogens (primary N) is 2. The molecule has 114 valence electrons. The minimum Gasteiger partial charge on any atom is -0.375 e. The number of nitrogens with zero attached hydrogens (tertiary/aromatic N) is 5. The normalized spacial score (nSPS) is 13.3. The van der Waals surface area contributed by atoms with Gasteiger partial charge in [0.25, 0.3) is 0 Å². The minimum absolute atomic E-state index is 0.00114. The van der Waals surface area contributed by atoms with E-state index in [1.165, 1.54) is 5.38 Å². The van der Waals surface area contributed by atoms with Gasteiger partial charge in [-0.3, -0.25) is 9.59 Å². The van der Waals surface area contributed by atoms with Gasteiger partial charge < -0.3 is 11.5 Å². The lowest BCUT2D eigenvalue weighted by atomic mass is 10.0. The van der Waals surface area contributed by atoms with Gasteiger partial charge in [0, 0.05) is 5.38 Å². The fourth-order valence-corrected chi connectivity index (χ4v) is 2.71. The molecule has 0 bridgehead atoms. The molecule has 0 fully saturated rings. The monoisotopic (exact) mass is 341 g/mol. The van der Waals surface area contributed by atoms with Crippen molar-refractivity contribution in [3.63, 3.8) is 0 Å². The maximum Gasteiger partial charge on any atom is 0.236 e. The van der Waals surface area contributed by atoms with E-state index in [0.717, 1.165) is 22.7 Å². The van der Waals surface area contributed by atoms with Crippen molar-refractivity contribution in [2.24, 2.45) is 10.4 Å². The number of ketones is 2. The van der Waals surface area contributed by atoms with Crippen LogP contribution in [-0.2, 0) is 9.59 Å². The molecule has 0 aliphatic heterocycles. The molecule has 0 saturated carbocycles. The lowest BCUT2D eigenvalue weighted by Crippen LogP contribution is -2.26. The van der Waals surface area contributed by atoms with E-state index in [0.29, 0.717) is 0 Å². The Morgan fingerprint density at radius 1 is 1.05 bits per heavy atom. The van der Waals surface area contributed by atoms with Crippen molar-refractivity contribution in [1.82, 2.24) is 15.2 Å². The topological polar surface area (TPSA) is 184 Å². The Balaban J connectivity index is 2.28. The molecule has 0 aliphatic carbocycles. The second kappa shape index (κ2) is 6.40. The molecule has 0 spiro atoms. The van der Waals surface area contributed by atoms with Crippen molar-refractivity contribution < 1.29 is 9.59 Å². The van der Waals surface area contributed by atoms with Gasteiger partial charge in [0.15, 0.2) is 10.1 Å². The van der Waals surface area contributed by atoms with Crippen molar-refractivity contribution in [3.8, 4) is 0 Å². The number of carbonyl (C=O) groups is 2. The first kappa shape index (κ1) is 15.7. The predicted molar refractivity (Wildman–Crippen MR) is 77.9 cm³/mol. The number of carbonyl (C=O) groups excluding carboxylic acids is 2. The Hall–Kier alpha value is -2.67. The molecule has 4 N–H and O–H groups in total. The molecular formula is C9H7N7O4S2. The number of aromatic nitrogens is 3. The van der Waals surface area contributed by atoms with Crippen LogP contribution >= 0.6 is 22.7 Å². The quantitative estimate of drug-likeness (QED) is 0.537. The first-order chi connectivity index (χ1) is 10.5. The summed E-state index contributed by atoms with van der Waals surface area (Å²) in [6.07, 6.45) is 0. The molecule has 0 aromatic carbocycles. The third-order valence-corrected chi connectivity index (χ3v) is 3.96. The molecule has 13 heteroatoms. The second-order valence-corrected chi connectivity index (χ2v) is 5.76. The summed E-state index contributed by atoms with van der Waals surface area (Å²) in [7, 11) is 0. The van der Waals surface area contributed by atoms with Crippen molar-refractivity contribution in [2.45, 2.75) is 12.1 Å². The number of anilines is 2. The van der Waals surface area contributed by atoms with E-state index in [9.17, 15) is 19.4 Å². The fourth-order valence-electron chi connectivity index (χ4n) is 1.49. The summed E-state index contributed by atoms with van der Waals surface area (Å²) >= 11 is 1.71. The first-order valence-electron chi connectivity index (χ1n) is 5.50. The van der Waals surface area contributed by atoms with Crippen LogP contribution in [0.2, 0.25) is 0 Å². The lowest BCUT2D eigenvalue weighted by molar-refractivity contribution is -0.138. The zero-order valence-electron chi connectivity index (χ0n) is 10.6. The zero-order chi connectivity index (χ0) is 16.3. The molecule has 0 radical (unpaired) electrons. The molecule has 11 nitrogen and oxygen atoms in total. The average molecular weight is 341 g/mol. The van der Waals surface area contributed by atoms with Crippen LogP contribution in [0.15, 0.2) is 15.7 Å². The highest BCUT2D eigenvalue weighted by Crippen LogP contribution is 2.28. The molecule has 2 aromatic rings. The van der Waals surface area contributed by atoms with Crippen molar-refractivity contribution in [3.05, 3.63) is 25.9 Å². The summed E-state index contributed by atoms with van der Waals surface area (Å²) in [5.74, 6) is -2.49. The largest absolute Gasteiger partial charge is 0.375 e. The molecule has 2 unspecified atom stereocenters. The number of hydrogen-bond acceptors (Lipinski definition) is 13. The zero-order valence-corrected chi connectivity index (χ0v) is 12.2. The number of nitrogen functional groups attached to an aromatic ring is 2. The van der Waals surface area contributed by atoms with E-state index in [2.05, 4.69) is 25.5 Å². The van der Waals surface area contributed by atoms with E-state index in [1.54, 1.807) is 0 Å². The van der Waals surface area contributed by atoms with E-state index < -0.39 is 23.7 Å². The highest BCUT2D eigenvalue weighted by Gasteiger charge is 2.37. The average Bonchev–Trinajstić information content (AvgIpc) is 3.09. The highest BCUT2D eigenvalue weighted by molar-refractivity contribution is 7.15. The van der Waals surface area contributed by atoms with Gasteiger partial charge in [-0.15, -0.1) is 31.3 Å². The second-order valence-electron chi connectivity index (χ2n) is 3.83. The molecular weight excluding hydrogens is 334 g/mol. The van der Waals surface area contributed by atoms with Crippen LogP contribution in [-0.4, -0.2) is 26.7 Å². The van der Waals surface area contributed by atoms with Crippen LogP contribution in [0.1, 0.15) is 22.8 Å². The van der Waals surface area contributed by atoms with Gasteiger partial charge >= 0.3 is 0 Å². The van der Waals surface area contributed by atoms with Gasteiger partial charge in [0.05, 0.1) is 5.69 Å². The van der Waals surface area contributed by atoms with Gasteiger partial charge in [-0.1, -0.05) is 21.7 Å². The first-order valence-corrected chi connectivity index (χ1v) is 7.20. The Morgan fingerprint density at radius 3 is 2.14 bits per heavy atom. The summed E-state index contributed by atoms with van der Waals surface area (Å²) in [6.45, 7) is 0. The van der Waals surface area contributed by atoms with E-state index in [4.69, 9.17) is 11.5 Å². The minimum atomic E-state index is -1.73. The van der Waals surface area contributed by atoms with Gasteiger partial charge in [0.1, 0.15) is 0 Å². The van der Waals surface area contributed by atoms with E-state index in [1.807, 2.05) is 0 Å². The van der Waals surface area contributed by atoms with E-state index in [-0.39, 0.29) is 21.0 Å². The molecule has 22 heavy (non-hydrogen) atoms. The molecule has 0 saturated heterocycles. The van der Waals surface area contributed by atoms with Crippen LogP contribution in [0, 0.1) is 9.81 Å². The third kappa shape index (κ3) is 2.99. The smallest absolute Gasteiger partial charge is 0.236 e. The third-order valence-electron chi connectivity index (χ3n) is 2.46. The molecule has 2 atom stereocenters. The number of Topliss-reactive ketones (excluding diaryl/α,β-unsaturated/α-hetero) is 2. The number of hydrogen-bond donors (Lipinski definition) is 2. The van der Waals surface area contributed by atoms with E-state index >= 15 is 0 Å². The maximum atomic E-state index is 12.1. The Kier molecular flexibility index (Phi) is 4.57. The maximum absolute atomic E-state index is 12.1. The summed E-state index contributed by atoms with van der Waals surface area (Å²) in [4.78, 5) is 49.6. The van der Waals surface area contributed by atoms with Gasteiger partial charge in [-0.05, 0) is 0 Å². The predicted octanol–water partition coefficient (Wildman–Crippen LogP) is 0.612. The molecule has 2 aromatic heterocycles. The summed E-state index contributed by atoms with van der Waals surface area (Å²) in [5.41, 5.74) is 10.7. The number of nitroso groups, excluding NO2 is 2. The van der Waals surface area contributed by atoms with Crippen LogP contribution < -0.4 is 11.5 Å². The molecule has 0 aliphatic rings.